The van der Waals surface area contributed by atoms with Crippen LogP contribution in [0.25, 0.3) is 10.9 Å². The molecule has 0 spiro atoms. The topological polar surface area (TPSA) is 77.2 Å². The summed E-state index contributed by atoms with van der Waals surface area (Å²) in [7, 11) is 0. The standard InChI is InChI=1S/C17H15N3O3/c21-16(20-17-19-7-8-22-17)12-9-13(10-12)23-14-5-1-3-11-4-2-6-18-15(11)14/h1-8,12-13H,9-10H2,(H,19,20,21)/t12-,13-. The molecule has 116 valence electrons. The van der Waals surface area contributed by atoms with E-state index < -0.39 is 0 Å². The Morgan fingerprint density at radius 2 is 2.04 bits per heavy atom. The van der Waals surface area contributed by atoms with Gasteiger partial charge < -0.3 is 9.15 Å². The summed E-state index contributed by atoms with van der Waals surface area (Å²) in [6, 6.07) is 10.0. The molecular formula is C17H15N3O3. The fraction of sp³-hybridized carbons (Fsp3) is 0.235. The summed E-state index contributed by atoms with van der Waals surface area (Å²) in [4.78, 5) is 20.3. The van der Waals surface area contributed by atoms with Gasteiger partial charge in [-0.3, -0.25) is 15.1 Å². The van der Waals surface area contributed by atoms with Crippen molar-refractivity contribution in [3.8, 4) is 5.75 Å². The van der Waals surface area contributed by atoms with Crippen LogP contribution in [-0.4, -0.2) is 22.0 Å². The summed E-state index contributed by atoms with van der Waals surface area (Å²) in [5.41, 5.74) is 0.850. The van der Waals surface area contributed by atoms with E-state index in [9.17, 15) is 4.79 Å². The van der Waals surface area contributed by atoms with Crippen molar-refractivity contribution < 1.29 is 13.9 Å². The zero-order valence-electron chi connectivity index (χ0n) is 12.3. The van der Waals surface area contributed by atoms with Gasteiger partial charge in [0.05, 0.1) is 6.20 Å². The number of benzene rings is 1. The van der Waals surface area contributed by atoms with E-state index in [-0.39, 0.29) is 23.9 Å². The lowest BCUT2D eigenvalue weighted by atomic mass is 9.81. The summed E-state index contributed by atoms with van der Waals surface area (Å²) >= 11 is 0. The minimum atomic E-state index is -0.0802. The number of amides is 1. The number of aromatic nitrogens is 2. The molecule has 6 heteroatoms. The van der Waals surface area contributed by atoms with Crippen LogP contribution in [-0.2, 0) is 4.79 Å². The first-order chi connectivity index (χ1) is 11.3. The van der Waals surface area contributed by atoms with Gasteiger partial charge in [-0.2, -0.15) is 0 Å². The Morgan fingerprint density at radius 3 is 2.87 bits per heavy atom. The van der Waals surface area contributed by atoms with Crippen LogP contribution in [0, 0.1) is 5.92 Å². The highest BCUT2D eigenvalue weighted by Gasteiger charge is 2.36. The number of nitrogens with zero attached hydrogens (tertiary/aromatic N) is 2. The van der Waals surface area contributed by atoms with E-state index in [0.29, 0.717) is 12.8 Å². The Hall–Kier alpha value is -2.89. The van der Waals surface area contributed by atoms with Crippen molar-refractivity contribution in [2.75, 3.05) is 5.32 Å². The highest BCUT2D eigenvalue weighted by molar-refractivity contribution is 5.91. The van der Waals surface area contributed by atoms with Gasteiger partial charge in [0, 0.05) is 17.5 Å². The second-order valence-corrected chi connectivity index (χ2v) is 5.57. The number of carbonyl (C=O) groups is 1. The average Bonchev–Trinajstić information content (AvgIpc) is 3.03. The second kappa shape index (κ2) is 5.72. The van der Waals surface area contributed by atoms with Gasteiger partial charge in [0.15, 0.2) is 0 Å². The van der Waals surface area contributed by atoms with E-state index in [1.807, 2.05) is 30.3 Å². The molecule has 6 nitrogen and oxygen atoms in total. The van der Waals surface area contributed by atoms with E-state index in [1.165, 1.54) is 12.5 Å². The van der Waals surface area contributed by atoms with Crippen molar-refractivity contribution >= 4 is 22.8 Å². The highest BCUT2D eigenvalue weighted by Crippen LogP contribution is 2.34. The lowest BCUT2D eigenvalue weighted by molar-refractivity contribution is -0.125. The smallest absolute Gasteiger partial charge is 0.301 e. The third-order valence-corrected chi connectivity index (χ3v) is 4.02. The van der Waals surface area contributed by atoms with Crippen molar-refractivity contribution in [3.05, 3.63) is 49.0 Å². The first-order valence-corrected chi connectivity index (χ1v) is 7.50. The maximum Gasteiger partial charge on any atom is 0.301 e. The number of rotatable bonds is 4. The average molecular weight is 309 g/mol. The van der Waals surface area contributed by atoms with Gasteiger partial charge in [-0.05, 0) is 25.0 Å². The number of anilines is 1. The molecule has 0 saturated heterocycles. The van der Waals surface area contributed by atoms with Crippen LogP contribution in [0.15, 0.2) is 53.4 Å². The van der Waals surface area contributed by atoms with Crippen LogP contribution in [0.1, 0.15) is 12.8 Å². The van der Waals surface area contributed by atoms with Crippen molar-refractivity contribution in [1.82, 2.24) is 9.97 Å². The lowest BCUT2D eigenvalue weighted by Crippen LogP contribution is -2.40. The van der Waals surface area contributed by atoms with Crippen LogP contribution >= 0.6 is 0 Å². The quantitative estimate of drug-likeness (QED) is 0.801. The first-order valence-electron chi connectivity index (χ1n) is 7.50. The lowest BCUT2D eigenvalue weighted by Gasteiger charge is -2.34. The van der Waals surface area contributed by atoms with Gasteiger partial charge in [0.2, 0.25) is 5.91 Å². The molecule has 1 N–H and O–H groups in total. The third-order valence-electron chi connectivity index (χ3n) is 4.02. The third kappa shape index (κ3) is 2.75. The molecule has 1 amide bonds. The Labute approximate surface area is 132 Å². The molecule has 3 aromatic rings. The SMILES string of the molecule is O=C(Nc1ncco1)[C@H]1C[C@H](Oc2cccc3cccnc23)C1. The predicted octanol–water partition coefficient (Wildman–Crippen LogP) is 3.02. The number of fused-ring (bicyclic) bond motifs is 1. The van der Waals surface area contributed by atoms with Crippen LogP contribution in [0.5, 0.6) is 5.75 Å². The number of para-hydroxylation sites is 1. The van der Waals surface area contributed by atoms with Gasteiger partial charge in [0.1, 0.15) is 23.6 Å². The van der Waals surface area contributed by atoms with E-state index >= 15 is 0 Å². The molecule has 1 fully saturated rings. The molecule has 0 atom stereocenters. The summed E-state index contributed by atoms with van der Waals surface area (Å²) in [6.45, 7) is 0. The molecule has 1 saturated carbocycles. The van der Waals surface area contributed by atoms with Crippen molar-refractivity contribution in [3.63, 3.8) is 0 Å². The maximum absolute atomic E-state index is 12.0. The molecule has 2 aromatic heterocycles. The zero-order valence-corrected chi connectivity index (χ0v) is 12.3. The maximum atomic E-state index is 12.0. The van der Waals surface area contributed by atoms with E-state index in [2.05, 4.69) is 15.3 Å². The van der Waals surface area contributed by atoms with E-state index in [4.69, 9.17) is 9.15 Å². The van der Waals surface area contributed by atoms with Gasteiger partial charge in [-0.1, -0.05) is 18.2 Å². The number of pyridine rings is 1. The Morgan fingerprint density at radius 1 is 1.17 bits per heavy atom. The molecular weight excluding hydrogens is 294 g/mol. The number of carbonyl (C=O) groups excluding carboxylic acids is 1. The monoisotopic (exact) mass is 309 g/mol. The number of ether oxygens (including phenoxy) is 1. The van der Waals surface area contributed by atoms with Crippen LogP contribution in [0.2, 0.25) is 0 Å². The minimum Gasteiger partial charge on any atom is -0.488 e. The zero-order chi connectivity index (χ0) is 15.6. The number of nitrogens with one attached hydrogen (secondary N) is 1. The molecule has 2 heterocycles. The molecule has 0 radical (unpaired) electrons. The van der Waals surface area contributed by atoms with Crippen molar-refractivity contribution in [2.24, 2.45) is 5.92 Å². The largest absolute Gasteiger partial charge is 0.488 e. The second-order valence-electron chi connectivity index (χ2n) is 5.57. The van der Waals surface area contributed by atoms with Gasteiger partial charge in [-0.15, -0.1) is 0 Å². The summed E-state index contributed by atoms with van der Waals surface area (Å²) < 4.78 is 11.0. The number of hydrogen-bond donors (Lipinski definition) is 1. The van der Waals surface area contributed by atoms with Crippen LogP contribution in [0.3, 0.4) is 0 Å². The molecule has 1 aliphatic rings. The Bertz CT molecular complexity index is 821. The molecule has 1 aliphatic carbocycles. The molecule has 0 bridgehead atoms. The Kier molecular flexibility index (Phi) is 3.42. The fourth-order valence-corrected chi connectivity index (χ4v) is 2.72. The minimum absolute atomic E-state index is 0.0305. The molecule has 0 unspecified atom stereocenters. The number of hydrogen-bond acceptors (Lipinski definition) is 5. The molecule has 0 aliphatic heterocycles. The molecule has 23 heavy (non-hydrogen) atoms. The molecule has 4 rings (SSSR count). The predicted molar refractivity (Wildman–Crippen MR) is 84.0 cm³/mol. The molecule has 1 aromatic carbocycles. The van der Waals surface area contributed by atoms with Gasteiger partial charge >= 0.3 is 6.01 Å². The summed E-state index contributed by atoms with van der Waals surface area (Å²) in [5.74, 6) is 0.609. The summed E-state index contributed by atoms with van der Waals surface area (Å²) in [5, 5.41) is 3.70. The van der Waals surface area contributed by atoms with Gasteiger partial charge in [-0.25, -0.2) is 4.98 Å². The first kappa shape index (κ1) is 13.8. The van der Waals surface area contributed by atoms with E-state index in [0.717, 1.165) is 16.7 Å². The highest BCUT2D eigenvalue weighted by atomic mass is 16.5. The summed E-state index contributed by atoms with van der Waals surface area (Å²) in [6.07, 6.45) is 6.06. The van der Waals surface area contributed by atoms with Crippen LogP contribution < -0.4 is 10.1 Å². The normalized spacial score (nSPS) is 20.0. The fourth-order valence-electron chi connectivity index (χ4n) is 2.72. The van der Waals surface area contributed by atoms with Crippen molar-refractivity contribution in [1.29, 1.82) is 0 Å². The van der Waals surface area contributed by atoms with Gasteiger partial charge in [0.25, 0.3) is 0 Å². The Balaban J connectivity index is 1.38. The van der Waals surface area contributed by atoms with Crippen LogP contribution in [0.4, 0.5) is 6.01 Å². The van der Waals surface area contributed by atoms with Crippen molar-refractivity contribution in [2.45, 2.75) is 18.9 Å². The van der Waals surface area contributed by atoms with E-state index in [1.54, 1.807) is 6.20 Å². The number of oxazole rings is 1.